The van der Waals surface area contributed by atoms with Gasteiger partial charge in [-0.05, 0) is 91.6 Å². The van der Waals surface area contributed by atoms with E-state index in [0.29, 0.717) is 43.6 Å². The highest BCUT2D eigenvalue weighted by Crippen LogP contribution is 2.66. The number of esters is 1. The lowest BCUT2D eigenvalue weighted by molar-refractivity contribution is -0.145. The summed E-state index contributed by atoms with van der Waals surface area (Å²) < 4.78 is 5.33. The van der Waals surface area contributed by atoms with E-state index in [-0.39, 0.29) is 22.6 Å². The van der Waals surface area contributed by atoms with Crippen molar-refractivity contribution >= 4 is 11.8 Å². The Balaban J connectivity index is 1.47. The average molecular weight is 415 g/mol. The molecule has 1 N–H and O–H groups in total. The lowest BCUT2D eigenvalue weighted by Crippen LogP contribution is -2.53. The quantitative estimate of drug-likeness (QED) is 0.482. The van der Waals surface area contributed by atoms with Gasteiger partial charge >= 0.3 is 5.97 Å². The van der Waals surface area contributed by atoms with Crippen molar-refractivity contribution < 1.29 is 19.4 Å². The highest BCUT2D eigenvalue weighted by Gasteiger charge is 2.62. The van der Waals surface area contributed by atoms with Crippen molar-refractivity contribution in [2.24, 2.45) is 28.6 Å². The molecule has 2 fully saturated rings. The molecule has 30 heavy (non-hydrogen) atoms. The Hall–Kier alpha value is -1.42. The second-order valence-electron chi connectivity index (χ2n) is 10.7. The van der Waals surface area contributed by atoms with Crippen molar-refractivity contribution in [3.63, 3.8) is 0 Å². The van der Waals surface area contributed by atoms with Gasteiger partial charge in [0, 0.05) is 12.8 Å². The third-order valence-electron chi connectivity index (χ3n) is 9.29. The monoisotopic (exact) mass is 414 g/mol. The van der Waals surface area contributed by atoms with Crippen LogP contribution in [0.2, 0.25) is 0 Å². The average Bonchev–Trinajstić information content (AvgIpc) is 2.97. The van der Waals surface area contributed by atoms with E-state index in [9.17, 15) is 14.7 Å². The Morgan fingerprint density at radius 2 is 1.97 bits per heavy atom. The normalized spacial score (nSPS) is 42.2. The molecule has 0 saturated heterocycles. The van der Waals surface area contributed by atoms with Gasteiger partial charge in [-0.3, -0.25) is 9.59 Å². The fourth-order valence-corrected chi connectivity index (χ4v) is 7.35. The molecular formula is C26H38O4. The number of fused-ring (bicyclic) bond motifs is 5. The maximum atomic E-state index is 12.0. The highest BCUT2D eigenvalue weighted by molar-refractivity contribution is 5.92. The van der Waals surface area contributed by atoms with Crippen LogP contribution < -0.4 is 0 Å². The fraction of sp³-hybridized carbons (Fsp3) is 0.769. The molecule has 4 rings (SSSR count). The van der Waals surface area contributed by atoms with E-state index in [1.165, 1.54) is 5.57 Å². The summed E-state index contributed by atoms with van der Waals surface area (Å²) in [5.74, 6) is 1.67. The summed E-state index contributed by atoms with van der Waals surface area (Å²) in [6, 6.07) is 0. The standard InChI is InChI=1S/C26H38O4/c1-4-6-23(28)30-16-5-12-26(29)15-11-22-20-8-7-18-17-19(27)9-13-24(18,2)21(20)10-14-25(22,26)3/h7-8,17,20-22,29H,4-6,9-16H2,1-3H3/t20-,21+,22+,24+,25+,26+/m1/s1. The van der Waals surface area contributed by atoms with Crippen molar-refractivity contribution in [1.82, 2.24) is 0 Å². The van der Waals surface area contributed by atoms with Crippen LogP contribution in [0.5, 0.6) is 0 Å². The maximum Gasteiger partial charge on any atom is 0.305 e. The first kappa shape index (κ1) is 21.8. The molecule has 0 aromatic heterocycles. The van der Waals surface area contributed by atoms with Crippen molar-refractivity contribution in [1.29, 1.82) is 0 Å². The molecule has 0 bridgehead atoms. The smallest absolute Gasteiger partial charge is 0.305 e. The fourth-order valence-electron chi connectivity index (χ4n) is 7.35. The zero-order valence-electron chi connectivity index (χ0n) is 18.9. The second-order valence-corrected chi connectivity index (χ2v) is 10.7. The Morgan fingerprint density at radius 3 is 2.73 bits per heavy atom. The molecule has 0 aromatic rings. The summed E-state index contributed by atoms with van der Waals surface area (Å²) >= 11 is 0. The van der Waals surface area contributed by atoms with Crippen molar-refractivity contribution in [2.45, 2.75) is 90.6 Å². The third-order valence-corrected chi connectivity index (χ3v) is 9.29. The van der Waals surface area contributed by atoms with Crippen LogP contribution in [0.15, 0.2) is 23.8 Å². The number of rotatable bonds is 6. The molecule has 4 aliphatic rings. The number of carbonyl (C=O) groups excluding carboxylic acids is 2. The molecule has 0 radical (unpaired) electrons. The summed E-state index contributed by atoms with van der Waals surface area (Å²) in [5.41, 5.74) is 0.565. The summed E-state index contributed by atoms with van der Waals surface area (Å²) in [6.07, 6.45) is 14.8. The van der Waals surface area contributed by atoms with Crippen LogP contribution in [0, 0.1) is 28.6 Å². The molecule has 0 spiro atoms. The van der Waals surface area contributed by atoms with Crippen molar-refractivity contribution in [3.8, 4) is 0 Å². The molecule has 0 amide bonds. The molecule has 0 aliphatic heterocycles. The molecule has 0 unspecified atom stereocenters. The van der Waals surface area contributed by atoms with E-state index in [1.54, 1.807) is 0 Å². The highest BCUT2D eigenvalue weighted by atomic mass is 16.5. The molecular weight excluding hydrogens is 376 g/mol. The van der Waals surface area contributed by atoms with Crippen molar-refractivity contribution in [2.75, 3.05) is 6.61 Å². The van der Waals surface area contributed by atoms with E-state index in [4.69, 9.17) is 4.74 Å². The number of ether oxygens (including phenoxy) is 1. The summed E-state index contributed by atoms with van der Waals surface area (Å²) in [6.45, 7) is 7.05. The lowest BCUT2D eigenvalue weighted by Gasteiger charge is -2.57. The molecule has 4 heteroatoms. The van der Waals surface area contributed by atoms with Gasteiger partial charge in [-0.1, -0.05) is 32.9 Å². The van der Waals surface area contributed by atoms with Gasteiger partial charge in [-0.15, -0.1) is 0 Å². The second kappa shape index (κ2) is 7.93. The van der Waals surface area contributed by atoms with E-state index in [0.717, 1.165) is 44.9 Å². The number of aliphatic hydroxyl groups is 1. The summed E-state index contributed by atoms with van der Waals surface area (Å²) in [4.78, 5) is 23.6. The van der Waals surface area contributed by atoms with Crippen LogP contribution in [-0.4, -0.2) is 29.1 Å². The van der Waals surface area contributed by atoms with Gasteiger partial charge in [0.1, 0.15) is 0 Å². The lowest BCUT2D eigenvalue weighted by atomic mass is 9.48. The van der Waals surface area contributed by atoms with Gasteiger partial charge in [0.25, 0.3) is 0 Å². The van der Waals surface area contributed by atoms with E-state index in [2.05, 4.69) is 26.0 Å². The van der Waals surface area contributed by atoms with Gasteiger partial charge in [-0.25, -0.2) is 0 Å². The van der Waals surface area contributed by atoms with E-state index < -0.39 is 5.60 Å². The van der Waals surface area contributed by atoms with Crippen LogP contribution in [0.3, 0.4) is 0 Å². The van der Waals surface area contributed by atoms with Crippen LogP contribution in [0.25, 0.3) is 0 Å². The van der Waals surface area contributed by atoms with Gasteiger partial charge in [0.05, 0.1) is 12.2 Å². The number of allylic oxidation sites excluding steroid dienone is 4. The first-order chi connectivity index (χ1) is 14.2. The molecule has 0 aromatic carbocycles. The largest absolute Gasteiger partial charge is 0.466 e. The topological polar surface area (TPSA) is 63.6 Å². The van der Waals surface area contributed by atoms with Crippen LogP contribution in [0.1, 0.15) is 85.0 Å². The molecule has 4 nitrogen and oxygen atoms in total. The molecule has 6 atom stereocenters. The maximum absolute atomic E-state index is 12.0. The van der Waals surface area contributed by atoms with Gasteiger partial charge < -0.3 is 9.84 Å². The van der Waals surface area contributed by atoms with Gasteiger partial charge in [-0.2, -0.15) is 0 Å². The zero-order valence-corrected chi connectivity index (χ0v) is 18.9. The Morgan fingerprint density at radius 1 is 1.20 bits per heavy atom. The third kappa shape index (κ3) is 3.39. The number of carbonyl (C=O) groups is 2. The number of hydrogen-bond acceptors (Lipinski definition) is 4. The van der Waals surface area contributed by atoms with Crippen LogP contribution >= 0.6 is 0 Å². The number of hydrogen-bond donors (Lipinski definition) is 1. The molecule has 166 valence electrons. The minimum atomic E-state index is -0.673. The molecule has 2 saturated carbocycles. The minimum absolute atomic E-state index is 0.0893. The predicted octanol–water partition coefficient (Wildman–Crippen LogP) is 5.15. The van der Waals surface area contributed by atoms with Crippen LogP contribution in [0.4, 0.5) is 0 Å². The predicted molar refractivity (Wildman–Crippen MR) is 117 cm³/mol. The SMILES string of the molecule is CCCC(=O)OCCC[C@]1(O)CC[C@H]2[C@@H]3C=CC4=CC(=O)CC[C@]4(C)[C@H]3CC[C@@]21C. The van der Waals surface area contributed by atoms with Crippen LogP contribution in [-0.2, 0) is 14.3 Å². The van der Waals surface area contributed by atoms with E-state index in [1.807, 2.05) is 13.0 Å². The Bertz CT molecular complexity index is 767. The zero-order chi connectivity index (χ0) is 21.6. The minimum Gasteiger partial charge on any atom is -0.466 e. The summed E-state index contributed by atoms with van der Waals surface area (Å²) in [7, 11) is 0. The molecule has 0 heterocycles. The van der Waals surface area contributed by atoms with Gasteiger partial charge in [0.2, 0.25) is 0 Å². The summed E-state index contributed by atoms with van der Waals surface area (Å²) in [5, 5.41) is 11.7. The molecule has 4 aliphatic carbocycles. The van der Waals surface area contributed by atoms with Crippen molar-refractivity contribution in [3.05, 3.63) is 23.8 Å². The first-order valence-corrected chi connectivity index (χ1v) is 12.0. The first-order valence-electron chi connectivity index (χ1n) is 12.0. The Labute approximate surface area is 181 Å². The van der Waals surface area contributed by atoms with E-state index >= 15 is 0 Å². The Kier molecular flexibility index (Phi) is 5.76. The van der Waals surface area contributed by atoms with Gasteiger partial charge in [0.15, 0.2) is 5.78 Å². The number of ketones is 1.